The number of hydrogen-bond acceptors (Lipinski definition) is 4. The van der Waals surface area contributed by atoms with E-state index >= 15 is 0 Å². The molecule has 0 bridgehead atoms. The fourth-order valence-electron chi connectivity index (χ4n) is 2.37. The van der Waals surface area contributed by atoms with Crippen LogP contribution in [-0.4, -0.2) is 31.2 Å². The summed E-state index contributed by atoms with van der Waals surface area (Å²) in [7, 11) is -2.36. The van der Waals surface area contributed by atoms with E-state index in [1.54, 1.807) is 30.3 Å². The van der Waals surface area contributed by atoms with Gasteiger partial charge in [-0.2, -0.15) is 17.9 Å². The zero-order valence-electron chi connectivity index (χ0n) is 13.0. The van der Waals surface area contributed by atoms with Gasteiger partial charge in [-0.05, 0) is 29.0 Å². The SMILES string of the molecule is CN(/N=C/c1c(O)ccc2ccccc12)S(=O)(=O)c1ccccc1. The van der Waals surface area contributed by atoms with Crippen molar-refractivity contribution in [1.29, 1.82) is 0 Å². The monoisotopic (exact) mass is 340 g/mol. The number of hydrogen-bond donors (Lipinski definition) is 1. The van der Waals surface area contributed by atoms with Crippen molar-refractivity contribution >= 4 is 27.0 Å². The average Bonchev–Trinajstić information content (AvgIpc) is 2.61. The second-order valence-electron chi connectivity index (χ2n) is 5.22. The van der Waals surface area contributed by atoms with Crippen molar-refractivity contribution in [3.05, 3.63) is 72.3 Å². The summed E-state index contributed by atoms with van der Waals surface area (Å²) in [6, 6.07) is 18.9. The molecule has 6 heteroatoms. The molecule has 0 atom stereocenters. The Bertz CT molecular complexity index is 999. The Labute approximate surface area is 140 Å². The quantitative estimate of drug-likeness (QED) is 0.586. The van der Waals surface area contributed by atoms with Gasteiger partial charge in [0, 0.05) is 12.6 Å². The Morgan fingerprint density at radius 3 is 2.38 bits per heavy atom. The van der Waals surface area contributed by atoms with E-state index in [0.717, 1.165) is 15.2 Å². The second-order valence-corrected chi connectivity index (χ2v) is 7.17. The third-order valence-corrected chi connectivity index (χ3v) is 5.34. The number of phenolic OH excluding ortho intramolecular Hbond substituents is 1. The topological polar surface area (TPSA) is 70.0 Å². The van der Waals surface area contributed by atoms with Crippen molar-refractivity contribution in [3.8, 4) is 5.75 Å². The van der Waals surface area contributed by atoms with Gasteiger partial charge in [-0.25, -0.2) is 0 Å². The van der Waals surface area contributed by atoms with Crippen LogP contribution in [0.15, 0.2) is 76.7 Å². The predicted molar refractivity (Wildman–Crippen MR) is 94.6 cm³/mol. The molecular formula is C18H16N2O3S. The molecule has 3 aromatic carbocycles. The van der Waals surface area contributed by atoms with Crippen molar-refractivity contribution < 1.29 is 13.5 Å². The molecule has 0 unspecified atom stereocenters. The highest BCUT2D eigenvalue weighted by Crippen LogP contribution is 2.25. The van der Waals surface area contributed by atoms with Crippen LogP contribution in [0, 0.1) is 0 Å². The van der Waals surface area contributed by atoms with Crippen LogP contribution in [0.1, 0.15) is 5.56 Å². The van der Waals surface area contributed by atoms with Gasteiger partial charge in [-0.1, -0.05) is 48.5 Å². The van der Waals surface area contributed by atoms with Crippen LogP contribution in [0.5, 0.6) is 5.75 Å². The van der Waals surface area contributed by atoms with Gasteiger partial charge in [0.2, 0.25) is 0 Å². The summed E-state index contributed by atoms with van der Waals surface area (Å²) in [5.74, 6) is 0.0444. The lowest BCUT2D eigenvalue weighted by Crippen LogP contribution is -2.21. The lowest BCUT2D eigenvalue weighted by molar-refractivity contribution is 0.473. The molecule has 0 saturated heterocycles. The number of phenols is 1. The normalized spacial score (nSPS) is 11.9. The molecule has 0 radical (unpaired) electrons. The first-order valence-electron chi connectivity index (χ1n) is 7.29. The van der Waals surface area contributed by atoms with Gasteiger partial charge in [0.1, 0.15) is 5.75 Å². The first-order chi connectivity index (χ1) is 11.5. The number of hydrazone groups is 1. The van der Waals surface area contributed by atoms with Gasteiger partial charge >= 0.3 is 0 Å². The van der Waals surface area contributed by atoms with E-state index in [4.69, 9.17) is 0 Å². The Hall–Kier alpha value is -2.86. The maximum atomic E-state index is 12.5. The molecule has 0 aliphatic rings. The minimum absolute atomic E-state index is 0.0444. The highest BCUT2D eigenvalue weighted by molar-refractivity contribution is 7.89. The number of rotatable bonds is 4. The van der Waals surface area contributed by atoms with Crippen molar-refractivity contribution in [2.75, 3.05) is 7.05 Å². The number of benzene rings is 3. The van der Waals surface area contributed by atoms with E-state index in [1.807, 2.05) is 24.3 Å². The van der Waals surface area contributed by atoms with Crippen LogP contribution < -0.4 is 0 Å². The van der Waals surface area contributed by atoms with Crippen molar-refractivity contribution in [2.45, 2.75) is 4.90 Å². The van der Waals surface area contributed by atoms with Gasteiger partial charge < -0.3 is 5.11 Å². The first kappa shape index (κ1) is 16.0. The van der Waals surface area contributed by atoms with Gasteiger partial charge in [0.25, 0.3) is 10.0 Å². The molecule has 0 aliphatic carbocycles. The molecule has 0 aromatic heterocycles. The molecule has 122 valence electrons. The Morgan fingerprint density at radius 1 is 0.958 bits per heavy atom. The summed E-state index contributed by atoms with van der Waals surface area (Å²) < 4.78 is 25.8. The van der Waals surface area contributed by atoms with Crippen molar-refractivity contribution in [1.82, 2.24) is 4.41 Å². The van der Waals surface area contributed by atoms with Gasteiger partial charge in [0.05, 0.1) is 11.1 Å². The zero-order valence-corrected chi connectivity index (χ0v) is 13.8. The molecule has 0 spiro atoms. The van der Waals surface area contributed by atoms with Crippen LogP contribution in [0.2, 0.25) is 0 Å². The summed E-state index contributed by atoms with van der Waals surface area (Å²) in [6.45, 7) is 0. The third-order valence-electron chi connectivity index (χ3n) is 3.69. The largest absolute Gasteiger partial charge is 0.507 e. The zero-order chi connectivity index (χ0) is 17.2. The molecule has 3 rings (SSSR count). The fraction of sp³-hybridized carbons (Fsp3) is 0.0556. The molecule has 0 heterocycles. The van der Waals surface area contributed by atoms with Gasteiger partial charge in [0.15, 0.2) is 0 Å². The summed E-state index contributed by atoms with van der Waals surface area (Å²) in [6.07, 6.45) is 1.36. The number of aromatic hydroxyl groups is 1. The predicted octanol–water partition coefficient (Wildman–Crippen LogP) is 3.20. The van der Waals surface area contributed by atoms with Crippen LogP contribution in [0.4, 0.5) is 0 Å². The molecule has 5 nitrogen and oxygen atoms in total. The van der Waals surface area contributed by atoms with E-state index in [9.17, 15) is 13.5 Å². The maximum Gasteiger partial charge on any atom is 0.278 e. The second kappa shape index (κ2) is 6.33. The highest BCUT2D eigenvalue weighted by Gasteiger charge is 2.18. The molecule has 0 aliphatic heterocycles. The van der Waals surface area contributed by atoms with Crippen LogP contribution in [-0.2, 0) is 10.0 Å². The third kappa shape index (κ3) is 2.96. The fourth-order valence-corrected chi connectivity index (χ4v) is 3.34. The molecule has 0 amide bonds. The Balaban J connectivity index is 1.98. The lowest BCUT2D eigenvalue weighted by Gasteiger charge is -2.13. The minimum atomic E-state index is -3.72. The van der Waals surface area contributed by atoms with E-state index in [0.29, 0.717) is 5.56 Å². The smallest absolute Gasteiger partial charge is 0.278 e. The maximum absolute atomic E-state index is 12.5. The van der Waals surface area contributed by atoms with Gasteiger partial charge in [-0.15, -0.1) is 0 Å². The van der Waals surface area contributed by atoms with Crippen LogP contribution >= 0.6 is 0 Å². The van der Waals surface area contributed by atoms with E-state index in [1.165, 1.54) is 25.4 Å². The molecular weight excluding hydrogens is 324 g/mol. The van der Waals surface area contributed by atoms with Crippen LogP contribution in [0.25, 0.3) is 10.8 Å². The standard InChI is InChI=1S/C18H16N2O3S/c1-20(24(22,23)15-8-3-2-4-9-15)19-13-17-16-10-6-5-7-14(16)11-12-18(17)21/h2-13,21H,1H3/b19-13+. The van der Waals surface area contributed by atoms with Crippen LogP contribution in [0.3, 0.4) is 0 Å². The van der Waals surface area contributed by atoms with Crippen molar-refractivity contribution in [2.24, 2.45) is 5.10 Å². The molecule has 24 heavy (non-hydrogen) atoms. The summed E-state index contributed by atoms with van der Waals surface area (Å²) in [4.78, 5) is 0.159. The number of fused-ring (bicyclic) bond motifs is 1. The molecule has 3 aromatic rings. The summed E-state index contributed by atoms with van der Waals surface area (Å²) >= 11 is 0. The highest BCUT2D eigenvalue weighted by atomic mass is 32.2. The van der Waals surface area contributed by atoms with E-state index < -0.39 is 10.0 Å². The van der Waals surface area contributed by atoms with E-state index in [2.05, 4.69) is 5.10 Å². The first-order valence-corrected chi connectivity index (χ1v) is 8.73. The number of sulfonamides is 1. The molecule has 0 saturated carbocycles. The minimum Gasteiger partial charge on any atom is -0.507 e. The average molecular weight is 340 g/mol. The Morgan fingerprint density at radius 2 is 1.62 bits per heavy atom. The lowest BCUT2D eigenvalue weighted by atomic mass is 10.0. The number of nitrogens with zero attached hydrogens (tertiary/aromatic N) is 2. The summed E-state index contributed by atoms with van der Waals surface area (Å²) in [5, 5.41) is 15.8. The Kier molecular flexibility index (Phi) is 4.22. The molecule has 0 fully saturated rings. The van der Waals surface area contributed by atoms with Gasteiger partial charge in [-0.3, -0.25) is 0 Å². The van der Waals surface area contributed by atoms with Crippen molar-refractivity contribution in [3.63, 3.8) is 0 Å². The molecule has 1 N–H and O–H groups in total. The summed E-state index contributed by atoms with van der Waals surface area (Å²) in [5.41, 5.74) is 0.475. The van der Waals surface area contributed by atoms with E-state index in [-0.39, 0.29) is 10.6 Å².